The van der Waals surface area contributed by atoms with Crippen molar-refractivity contribution in [3.05, 3.63) is 24.3 Å². The number of anilines is 2. The quantitative estimate of drug-likeness (QED) is 0.607. The molecule has 1 aromatic carbocycles. The van der Waals surface area contributed by atoms with Crippen LogP contribution in [0.25, 0.3) is 0 Å². The topological polar surface area (TPSA) is 99.3 Å². The Labute approximate surface area is 116 Å². The highest BCUT2D eigenvalue weighted by Crippen LogP contribution is 2.13. The van der Waals surface area contributed by atoms with Gasteiger partial charge in [-0.3, -0.25) is 19.7 Å². The SMILES string of the molecule is CC(=O)Nc1ccc(NC(=O)C2CNC(=O)CN2)cc1. The first kappa shape index (κ1) is 14.0. The summed E-state index contributed by atoms with van der Waals surface area (Å²) in [4.78, 5) is 33.8. The summed E-state index contributed by atoms with van der Waals surface area (Å²) >= 11 is 0. The van der Waals surface area contributed by atoms with E-state index in [-0.39, 0.29) is 30.8 Å². The third-order valence-corrected chi connectivity index (χ3v) is 2.80. The van der Waals surface area contributed by atoms with Crippen molar-refractivity contribution in [3.63, 3.8) is 0 Å². The fraction of sp³-hybridized carbons (Fsp3) is 0.308. The van der Waals surface area contributed by atoms with Crippen LogP contribution in [0.1, 0.15) is 6.92 Å². The van der Waals surface area contributed by atoms with Gasteiger partial charge in [-0.2, -0.15) is 0 Å². The first-order chi connectivity index (χ1) is 9.54. The van der Waals surface area contributed by atoms with Crippen molar-refractivity contribution < 1.29 is 14.4 Å². The van der Waals surface area contributed by atoms with Crippen LogP contribution in [-0.2, 0) is 14.4 Å². The van der Waals surface area contributed by atoms with Crippen LogP contribution in [0.3, 0.4) is 0 Å². The van der Waals surface area contributed by atoms with Crippen LogP contribution in [0.15, 0.2) is 24.3 Å². The lowest BCUT2D eigenvalue weighted by molar-refractivity contribution is -0.124. The highest BCUT2D eigenvalue weighted by molar-refractivity contribution is 5.97. The summed E-state index contributed by atoms with van der Waals surface area (Å²) in [6.45, 7) is 1.84. The van der Waals surface area contributed by atoms with Gasteiger partial charge in [0, 0.05) is 24.8 Å². The van der Waals surface area contributed by atoms with Gasteiger partial charge in [-0.05, 0) is 24.3 Å². The van der Waals surface area contributed by atoms with Crippen LogP contribution >= 0.6 is 0 Å². The second-order valence-electron chi connectivity index (χ2n) is 4.49. The van der Waals surface area contributed by atoms with E-state index in [9.17, 15) is 14.4 Å². The Morgan fingerprint density at radius 2 is 1.75 bits per heavy atom. The molecule has 2 rings (SSSR count). The Balaban J connectivity index is 1.91. The lowest BCUT2D eigenvalue weighted by Crippen LogP contribution is -2.56. The van der Waals surface area contributed by atoms with Crippen molar-refractivity contribution in [3.8, 4) is 0 Å². The molecule has 1 saturated heterocycles. The van der Waals surface area contributed by atoms with E-state index in [0.717, 1.165) is 0 Å². The van der Waals surface area contributed by atoms with Gasteiger partial charge in [0.2, 0.25) is 17.7 Å². The first-order valence-corrected chi connectivity index (χ1v) is 6.23. The highest BCUT2D eigenvalue weighted by atomic mass is 16.2. The van der Waals surface area contributed by atoms with Crippen molar-refractivity contribution in [2.45, 2.75) is 13.0 Å². The van der Waals surface area contributed by atoms with Crippen LogP contribution in [-0.4, -0.2) is 36.9 Å². The van der Waals surface area contributed by atoms with Gasteiger partial charge in [0.25, 0.3) is 0 Å². The van der Waals surface area contributed by atoms with Crippen LogP contribution in [0.2, 0.25) is 0 Å². The van der Waals surface area contributed by atoms with E-state index in [2.05, 4.69) is 21.3 Å². The molecule has 106 valence electrons. The van der Waals surface area contributed by atoms with Gasteiger partial charge < -0.3 is 16.0 Å². The number of benzene rings is 1. The van der Waals surface area contributed by atoms with E-state index < -0.39 is 6.04 Å². The standard InChI is InChI=1S/C13H16N4O3/c1-8(18)16-9-2-4-10(5-3-9)17-13(20)11-6-15-12(19)7-14-11/h2-5,11,14H,6-7H2,1H3,(H,15,19)(H,16,18)(H,17,20). The van der Waals surface area contributed by atoms with Crippen molar-refractivity contribution in [1.82, 2.24) is 10.6 Å². The monoisotopic (exact) mass is 276 g/mol. The molecule has 1 aromatic rings. The Bertz CT molecular complexity index is 517. The molecule has 1 unspecified atom stereocenters. The molecule has 20 heavy (non-hydrogen) atoms. The molecule has 0 bridgehead atoms. The summed E-state index contributed by atoms with van der Waals surface area (Å²) in [7, 11) is 0. The van der Waals surface area contributed by atoms with Crippen LogP contribution in [0.5, 0.6) is 0 Å². The van der Waals surface area contributed by atoms with E-state index in [1.165, 1.54) is 6.92 Å². The van der Waals surface area contributed by atoms with Crippen molar-refractivity contribution >= 4 is 29.1 Å². The molecular weight excluding hydrogens is 260 g/mol. The molecule has 7 nitrogen and oxygen atoms in total. The summed E-state index contributed by atoms with van der Waals surface area (Å²) in [5, 5.41) is 10.8. The number of piperazine rings is 1. The molecule has 0 aliphatic carbocycles. The van der Waals surface area contributed by atoms with Crippen molar-refractivity contribution in [2.24, 2.45) is 0 Å². The Hall–Kier alpha value is -2.41. The Kier molecular flexibility index (Phi) is 4.31. The molecule has 1 atom stereocenters. The predicted molar refractivity (Wildman–Crippen MR) is 74.2 cm³/mol. The van der Waals surface area contributed by atoms with E-state index in [1.54, 1.807) is 24.3 Å². The zero-order valence-electron chi connectivity index (χ0n) is 11.0. The Morgan fingerprint density at radius 3 is 2.25 bits per heavy atom. The van der Waals surface area contributed by atoms with Gasteiger partial charge >= 0.3 is 0 Å². The molecule has 0 radical (unpaired) electrons. The van der Waals surface area contributed by atoms with Crippen molar-refractivity contribution in [2.75, 3.05) is 23.7 Å². The zero-order valence-corrected chi connectivity index (χ0v) is 11.0. The molecule has 4 N–H and O–H groups in total. The summed E-state index contributed by atoms with van der Waals surface area (Å²) in [5.74, 6) is -0.477. The first-order valence-electron chi connectivity index (χ1n) is 6.23. The summed E-state index contributed by atoms with van der Waals surface area (Å²) in [6, 6.07) is 6.36. The second-order valence-corrected chi connectivity index (χ2v) is 4.49. The number of amides is 3. The second kappa shape index (κ2) is 6.16. The molecule has 1 aliphatic heterocycles. The highest BCUT2D eigenvalue weighted by Gasteiger charge is 2.23. The van der Waals surface area contributed by atoms with Crippen LogP contribution < -0.4 is 21.3 Å². The van der Waals surface area contributed by atoms with Crippen LogP contribution in [0.4, 0.5) is 11.4 Å². The average Bonchev–Trinajstić information content (AvgIpc) is 2.41. The van der Waals surface area contributed by atoms with Gasteiger partial charge in [0.05, 0.1) is 6.54 Å². The van der Waals surface area contributed by atoms with Crippen molar-refractivity contribution in [1.29, 1.82) is 0 Å². The maximum atomic E-state index is 11.9. The predicted octanol–water partition coefficient (Wildman–Crippen LogP) is -0.328. The fourth-order valence-corrected chi connectivity index (χ4v) is 1.82. The molecular formula is C13H16N4O3. The smallest absolute Gasteiger partial charge is 0.243 e. The van der Waals surface area contributed by atoms with Gasteiger partial charge in [0.1, 0.15) is 6.04 Å². The average molecular weight is 276 g/mol. The molecule has 1 fully saturated rings. The number of hydrogen-bond donors (Lipinski definition) is 4. The summed E-state index contributed by atoms with van der Waals surface area (Å²) in [5.41, 5.74) is 1.29. The minimum atomic E-state index is -0.442. The number of carbonyl (C=O) groups is 3. The molecule has 1 aliphatic rings. The normalized spacial score (nSPS) is 18.1. The van der Waals surface area contributed by atoms with Gasteiger partial charge in [0.15, 0.2) is 0 Å². The molecule has 0 saturated carbocycles. The number of nitrogens with one attached hydrogen (secondary N) is 4. The zero-order chi connectivity index (χ0) is 14.5. The third-order valence-electron chi connectivity index (χ3n) is 2.80. The van der Waals surface area contributed by atoms with Gasteiger partial charge in [-0.15, -0.1) is 0 Å². The maximum Gasteiger partial charge on any atom is 0.243 e. The maximum absolute atomic E-state index is 11.9. The van der Waals surface area contributed by atoms with E-state index in [1.807, 2.05) is 0 Å². The lowest BCUT2D eigenvalue weighted by atomic mass is 10.2. The number of carbonyl (C=O) groups excluding carboxylic acids is 3. The third kappa shape index (κ3) is 3.79. The van der Waals surface area contributed by atoms with Crippen LogP contribution in [0, 0.1) is 0 Å². The van der Waals surface area contributed by atoms with E-state index in [4.69, 9.17) is 0 Å². The number of rotatable bonds is 3. The van der Waals surface area contributed by atoms with Gasteiger partial charge in [-0.25, -0.2) is 0 Å². The molecule has 1 heterocycles. The molecule has 3 amide bonds. The minimum Gasteiger partial charge on any atom is -0.353 e. The largest absolute Gasteiger partial charge is 0.353 e. The van der Waals surface area contributed by atoms with E-state index in [0.29, 0.717) is 11.4 Å². The summed E-state index contributed by atoms with van der Waals surface area (Å²) < 4.78 is 0. The van der Waals surface area contributed by atoms with E-state index >= 15 is 0 Å². The summed E-state index contributed by atoms with van der Waals surface area (Å²) in [6.07, 6.45) is 0. The Morgan fingerprint density at radius 1 is 1.15 bits per heavy atom. The molecule has 7 heteroatoms. The minimum absolute atomic E-state index is 0.117. The van der Waals surface area contributed by atoms with Gasteiger partial charge in [-0.1, -0.05) is 0 Å². The molecule has 0 aromatic heterocycles. The lowest BCUT2D eigenvalue weighted by Gasteiger charge is -2.23. The fourth-order valence-electron chi connectivity index (χ4n) is 1.82. The number of hydrogen-bond acceptors (Lipinski definition) is 4. The molecule has 0 spiro atoms.